The number of carbonyl (C=O) groups excluding carboxylic acids is 2. The van der Waals surface area contributed by atoms with Gasteiger partial charge in [0.15, 0.2) is 0 Å². The first-order valence-corrected chi connectivity index (χ1v) is 10.9. The molecule has 5 nitrogen and oxygen atoms in total. The number of anilines is 1. The lowest BCUT2D eigenvalue weighted by molar-refractivity contribution is -0.132. The highest BCUT2D eigenvalue weighted by molar-refractivity contribution is 6.52. The standard InChI is InChI=1S/C26H16Cl2N2O3/c27-18-12-11-16(14-19(18)28)24(31)22-23(20-9-3-4-13-29-20)30(26(33)25(22)32)21-10-5-7-15-6-1-2-8-17(15)21/h1-14,23,31H/b24-22+. The quantitative estimate of drug-likeness (QED) is 0.219. The molecule has 1 fully saturated rings. The van der Waals surface area contributed by atoms with Gasteiger partial charge in [0.25, 0.3) is 11.7 Å². The number of hydrogen-bond acceptors (Lipinski definition) is 4. The summed E-state index contributed by atoms with van der Waals surface area (Å²) in [6.07, 6.45) is 1.58. The molecule has 1 saturated heterocycles. The van der Waals surface area contributed by atoms with E-state index in [0.717, 1.165) is 10.8 Å². The number of hydrogen-bond donors (Lipinski definition) is 1. The summed E-state index contributed by atoms with van der Waals surface area (Å²) < 4.78 is 0. The van der Waals surface area contributed by atoms with Crippen LogP contribution < -0.4 is 4.90 Å². The molecule has 1 aliphatic rings. The molecule has 1 aromatic heterocycles. The number of nitrogens with zero attached hydrogens (tertiary/aromatic N) is 2. The molecule has 1 unspecified atom stereocenters. The number of halogens is 2. The molecule has 7 heteroatoms. The number of Topliss-reactive ketones (excluding diaryl/α,β-unsaturated/α-hetero) is 1. The Morgan fingerprint density at radius 2 is 1.64 bits per heavy atom. The van der Waals surface area contributed by atoms with Crippen LogP contribution in [0.3, 0.4) is 0 Å². The highest BCUT2D eigenvalue weighted by Gasteiger charge is 2.48. The maximum Gasteiger partial charge on any atom is 0.300 e. The zero-order chi connectivity index (χ0) is 23.1. The molecule has 5 rings (SSSR count). The fourth-order valence-corrected chi connectivity index (χ4v) is 4.41. The first-order valence-electron chi connectivity index (χ1n) is 10.1. The van der Waals surface area contributed by atoms with E-state index < -0.39 is 17.7 Å². The van der Waals surface area contributed by atoms with Crippen molar-refractivity contribution in [2.75, 3.05) is 4.90 Å². The van der Waals surface area contributed by atoms with Gasteiger partial charge < -0.3 is 5.11 Å². The number of aliphatic hydroxyl groups excluding tert-OH is 1. The van der Waals surface area contributed by atoms with Crippen LogP contribution in [0.5, 0.6) is 0 Å². The summed E-state index contributed by atoms with van der Waals surface area (Å²) in [6.45, 7) is 0. The second-order valence-electron chi connectivity index (χ2n) is 7.55. The third kappa shape index (κ3) is 3.55. The zero-order valence-electron chi connectivity index (χ0n) is 17.1. The molecule has 0 spiro atoms. The van der Waals surface area contributed by atoms with Crippen LogP contribution in [0.15, 0.2) is 90.6 Å². The van der Waals surface area contributed by atoms with Crippen LogP contribution in [-0.4, -0.2) is 21.8 Å². The summed E-state index contributed by atoms with van der Waals surface area (Å²) in [5.41, 5.74) is 1.22. The third-order valence-electron chi connectivity index (χ3n) is 5.63. The van der Waals surface area contributed by atoms with Crippen molar-refractivity contribution in [1.82, 2.24) is 4.98 Å². The first kappa shape index (κ1) is 21.2. The highest BCUT2D eigenvalue weighted by Crippen LogP contribution is 2.43. The van der Waals surface area contributed by atoms with Crippen molar-refractivity contribution < 1.29 is 14.7 Å². The van der Waals surface area contributed by atoms with E-state index in [0.29, 0.717) is 16.4 Å². The molecule has 33 heavy (non-hydrogen) atoms. The predicted molar refractivity (Wildman–Crippen MR) is 129 cm³/mol. The van der Waals surface area contributed by atoms with Gasteiger partial charge in [0.1, 0.15) is 11.8 Å². The molecule has 0 aliphatic carbocycles. The second kappa shape index (κ2) is 8.35. The average molecular weight is 475 g/mol. The molecular weight excluding hydrogens is 459 g/mol. The fraction of sp³-hybridized carbons (Fsp3) is 0.0385. The van der Waals surface area contributed by atoms with Crippen molar-refractivity contribution in [2.45, 2.75) is 6.04 Å². The topological polar surface area (TPSA) is 70.5 Å². The van der Waals surface area contributed by atoms with Gasteiger partial charge in [-0.25, -0.2) is 0 Å². The zero-order valence-corrected chi connectivity index (χ0v) is 18.6. The Morgan fingerprint density at radius 3 is 2.39 bits per heavy atom. The van der Waals surface area contributed by atoms with Gasteiger partial charge in [0.05, 0.1) is 27.0 Å². The molecule has 1 aliphatic heterocycles. The van der Waals surface area contributed by atoms with Crippen LogP contribution in [-0.2, 0) is 9.59 Å². The Labute approximate surface area is 199 Å². The van der Waals surface area contributed by atoms with E-state index in [-0.39, 0.29) is 21.9 Å². The van der Waals surface area contributed by atoms with E-state index in [2.05, 4.69) is 4.98 Å². The van der Waals surface area contributed by atoms with E-state index in [9.17, 15) is 14.7 Å². The number of carbonyl (C=O) groups is 2. The molecule has 162 valence electrons. The van der Waals surface area contributed by atoms with E-state index in [1.807, 2.05) is 36.4 Å². The van der Waals surface area contributed by atoms with Crippen molar-refractivity contribution in [3.63, 3.8) is 0 Å². The summed E-state index contributed by atoms with van der Waals surface area (Å²) in [5.74, 6) is -1.89. The lowest BCUT2D eigenvalue weighted by Gasteiger charge is -2.25. The van der Waals surface area contributed by atoms with Crippen LogP contribution in [0.4, 0.5) is 5.69 Å². The summed E-state index contributed by atoms with van der Waals surface area (Å²) >= 11 is 12.1. The molecule has 0 radical (unpaired) electrons. The average Bonchev–Trinajstić information content (AvgIpc) is 3.11. The number of benzene rings is 3. The maximum atomic E-state index is 13.4. The van der Waals surface area contributed by atoms with Gasteiger partial charge in [0, 0.05) is 17.1 Å². The van der Waals surface area contributed by atoms with E-state index >= 15 is 0 Å². The third-order valence-corrected chi connectivity index (χ3v) is 6.37. The maximum absolute atomic E-state index is 13.4. The molecule has 0 saturated carbocycles. The smallest absolute Gasteiger partial charge is 0.300 e. The predicted octanol–water partition coefficient (Wildman–Crippen LogP) is 6.17. The number of amides is 1. The van der Waals surface area contributed by atoms with Gasteiger partial charge in [-0.2, -0.15) is 0 Å². The van der Waals surface area contributed by atoms with Gasteiger partial charge in [-0.3, -0.25) is 19.5 Å². The van der Waals surface area contributed by atoms with E-state index in [1.54, 1.807) is 36.5 Å². The fourth-order valence-electron chi connectivity index (χ4n) is 4.12. The van der Waals surface area contributed by atoms with Gasteiger partial charge >= 0.3 is 0 Å². The number of ketones is 1. The van der Waals surface area contributed by atoms with Gasteiger partial charge in [-0.15, -0.1) is 0 Å². The molecule has 1 atom stereocenters. The first-order chi connectivity index (χ1) is 16.0. The largest absolute Gasteiger partial charge is 0.507 e. The Balaban J connectivity index is 1.78. The summed E-state index contributed by atoms with van der Waals surface area (Å²) in [5, 5.41) is 13.4. The second-order valence-corrected chi connectivity index (χ2v) is 8.37. The van der Waals surface area contributed by atoms with Crippen molar-refractivity contribution in [3.8, 4) is 0 Å². The molecule has 1 N–H and O–H groups in total. The van der Waals surface area contributed by atoms with E-state index in [1.165, 1.54) is 17.0 Å². The molecule has 2 heterocycles. The van der Waals surface area contributed by atoms with Crippen LogP contribution in [0.1, 0.15) is 17.3 Å². The van der Waals surface area contributed by atoms with Crippen LogP contribution in [0.25, 0.3) is 16.5 Å². The number of fused-ring (bicyclic) bond motifs is 1. The normalized spacial score (nSPS) is 17.6. The van der Waals surface area contributed by atoms with E-state index in [4.69, 9.17) is 23.2 Å². The molecular formula is C26H16Cl2N2O3. The number of aliphatic hydroxyl groups is 1. The minimum absolute atomic E-state index is 0.0648. The Kier molecular flexibility index (Phi) is 5.36. The number of rotatable bonds is 3. The SMILES string of the molecule is O=C1C(=O)N(c2cccc3ccccc23)C(c2ccccn2)/C1=C(\O)c1ccc(Cl)c(Cl)c1. The Morgan fingerprint density at radius 1 is 0.879 bits per heavy atom. The summed E-state index contributed by atoms with van der Waals surface area (Å²) in [7, 11) is 0. The van der Waals surface area contributed by atoms with Crippen molar-refractivity contribution in [3.05, 3.63) is 112 Å². The summed E-state index contributed by atoms with van der Waals surface area (Å²) in [4.78, 5) is 32.4. The lowest BCUT2D eigenvalue weighted by atomic mass is 9.98. The Bertz CT molecular complexity index is 1450. The van der Waals surface area contributed by atoms with Crippen LogP contribution in [0.2, 0.25) is 10.0 Å². The molecule has 0 bridgehead atoms. The van der Waals surface area contributed by atoms with Gasteiger partial charge in [-0.1, -0.05) is 65.7 Å². The minimum Gasteiger partial charge on any atom is -0.507 e. The van der Waals surface area contributed by atoms with Crippen molar-refractivity contribution in [1.29, 1.82) is 0 Å². The monoisotopic (exact) mass is 474 g/mol. The van der Waals surface area contributed by atoms with Crippen LogP contribution >= 0.6 is 23.2 Å². The van der Waals surface area contributed by atoms with Crippen molar-refractivity contribution in [2.24, 2.45) is 0 Å². The number of aromatic nitrogens is 1. The van der Waals surface area contributed by atoms with Gasteiger partial charge in [-0.05, 0) is 41.8 Å². The molecule has 1 amide bonds. The van der Waals surface area contributed by atoms with Crippen LogP contribution in [0, 0.1) is 0 Å². The highest BCUT2D eigenvalue weighted by atomic mass is 35.5. The Hall–Kier alpha value is -3.67. The lowest BCUT2D eigenvalue weighted by Crippen LogP contribution is -2.30. The summed E-state index contributed by atoms with van der Waals surface area (Å²) in [6, 6.07) is 22.0. The minimum atomic E-state index is -0.925. The van der Waals surface area contributed by atoms with Gasteiger partial charge in [0.2, 0.25) is 0 Å². The number of pyridine rings is 1. The molecule has 3 aromatic carbocycles. The van der Waals surface area contributed by atoms with Crippen molar-refractivity contribution >= 4 is 57.1 Å². The molecule has 4 aromatic rings.